The quantitative estimate of drug-likeness (QED) is 0.772. The standard InChI is InChI=1S/C19H21NO4S/c1-3-25(23)17-12-8-7-11-16(17)19(22)24-13-18(21)20-14(2)15-9-5-4-6-10-15/h4-12,14H,3,13H2,1-2H3,(H,20,21). The molecule has 0 spiro atoms. The van der Waals surface area contributed by atoms with Crippen molar-refractivity contribution >= 4 is 22.7 Å². The molecule has 0 aliphatic heterocycles. The minimum absolute atomic E-state index is 0.188. The second-order valence-corrected chi connectivity index (χ2v) is 7.11. The summed E-state index contributed by atoms with van der Waals surface area (Å²) in [5.74, 6) is -0.641. The third-order valence-corrected chi connectivity index (χ3v) is 5.00. The second kappa shape index (κ2) is 9.13. The van der Waals surface area contributed by atoms with Crippen LogP contribution in [0.25, 0.3) is 0 Å². The van der Waals surface area contributed by atoms with Crippen molar-refractivity contribution in [2.75, 3.05) is 12.4 Å². The molecule has 0 heterocycles. The van der Waals surface area contributed by atoms with Gasteiger partial charge in [0.2, 0.25) is 0 Å². The highest BCUT2D eigenvalue weighted by atomic mass is 32.2. The fourth-order valence-electron chi connectivity index (χ4n) is 2.31. The Hall–Kier alpha value is -2.47. The van der Waals surface area contributed by atoms with Gasteiger partial charge in [-0.2, -0.15) is 0 Å². The lowest BCUT2D eigenvalue weighted by molar-refractivity contribution is -0.124. The van der Waals surface area contributed by atoms with Crippen LogP contribution in [0, 0.1) is 0 Å². The minimum atomic E-state index is -1.27. The highest BCUT2D eigenvalue weighted by Crippen LogP contribution is 2.15. The molecule has 2 aromatic rings. The number of rotatable bonds is 7. The zero-order valence-corrected chi connectivity index (χ0v) is 15.0. The molecule has 0 bridgehead atoms. The summed E-state index contributed by atoms with van der Waals surface area (Å²) in [6.07, 6.45) is 0. The lowest BCUT2D eigenvalue weighted by atomic mass is 10.1. The number of nitrogens with one attached hydrogen (secondary N) is 1. The van der Waals surface area contributed by atoms with Gasteiger partial charge in [-0.1, -0.05) is 49.4 Å². The van der Waals surface area contributed by atoms with E-state index >= 15 is 0 Å². The van der Waals surface area contributed by atoms with Crippen molar-refractivity contribution in [2.45, 2.75) is 24.8 Å². The van der Waals surface area contributed by atoms with Gasteiger partial charge < -0.3 is 10.1 Å². The van der Waals surface area contributed by atoms with E-state index in [1.807, 2.05) is 37.3 Å². The second-order valence-electron chi connectivity index (χ2n) is 5.41. The number of hydrogen-bond acceptors (Lipinski definition) is 4. The monoisotopic (exact) mass is 359 g/mol. The van der Waals surface area contributed by atoms with Gasteiger partial charge in [0, 0.05) is 5.75 Å². The largest absolute Gasteiger partial charge is 0.452 e. The van der Waals surface area contributed by atoms with Crippen molar-refractivity contribution < 1.29 is 18.5 Å². The van der Waals surface area contributed by atoms with Crippen molar-refractivity contribution in [1.82, 2.24) is 5.32 Å². The van der Waals surface area contributed by atoms with Gasteiger partial charge in [-0.05, 0) is 24.6 Å². The first-order valence-corrected chi connectivity index (χ1v) is 9.33. The normalized spacial score (nSPS) is 12.9. The number of ether oxygens (including phenoxy) is 1. The van der Waals surface area contributed by atoms with Crippen LogP contribution in [-0.2, 0) is 20.3 Å². The first-order chi connectivity index (χ1) is 12.0. The Balaban J connectivity index is 1.94. The molecule has 2 rings (SSSR count). The van der Waals surface area contributed by atoms with E-state index in [1.165, 1.54) is 0 Å². The molecule has 0 aliphatic rings. The number of benzene rings is 2. The van der Waals surface area contributed by atoms with E-state index in [2.05, 4.69) is 5.32 Å². The molecule has 2 unspecified atom stereocenters. The van der Waals surface area contributed by atoms with E-state index in [9.17, 15) is 13.8 Å². The van der Waals surface area contributed by atoms with E-state index in [0.29, 0.717) is 10.6 Å². The Morgan fingerprint density at radius 3 is 2.40 bits per heavy atom. The number of esters is 1. The van der Waals surface area contributed by atoms with E-state index in [4.69, 9.17) is 4.74 Å². The van der Waals surface area contributed by atoms with Crippen molar-refractivity contribution in [3.05, 3.63) is 65.7 Å². The molecule has 6 heteroatoms. The van der Waals surface area contributed by atoms with Crippen LogP contribution in [0.1, 0.15) is 35.8 Å². The Labute approximate surface area is 149 Å². The molecule has 2 aromatic carbocycles. The molecular weight excluding hydrogens is 338 g/mol. The fourth-order valence-corrected chi connectivity index (χ4v) is 3.24. The van der Waals surface area contributed by atoms with Crippen LogP contribution >= 0.6 is 0 Å². The summed E-state index contributed by atoms with van der Waals surface area (Å²) in [5.41, 5.74) is 1.19. The Kier molecular flexibility index (Phi) is 6.89. The maximum absolute atomic E-state index is 12.2. The van der Waals surface area contributed by atoms with Gasteiger partial charge in [-0.25, -0.2) is 4.79 Å². The number of hydrogen-bond donors (Lipinski definition) is 1. The fraction of sp³-hybridized carbons (Fsp3) is 0.263. The maximum atomic E-state index is 12.2. The minimum Gasteiger partial charge on any atom is -0.452 e. The zero-order chi connectivity index (χ0) is 18.2. The molecule has 0 saturated carbocycles. The lowest BCUT2D eigenvalue weighted by Crippen LogP contribution is -2.31. The molecule has 2 atom stereocenters. The summed E-state index contributed by atoms with van der Waals surface area (Å²) in [5, 5.41) is 2.78. The van der Waals surface area contributed by atoms with Crippen LogP contribution < -0.4 is 5.32 Å². The molecule has 0 aromatic heterocycles. The molecule has 0 aliphatic carbocycles. The third-order valence-electron chi connectivity index (χ3n) is 3.63. The predicted octanol–water partition coefficient (Wildman–Crippen LogP) is 2.85. The Morgan fingerprint density at radius 2 is 1.72 bits per heavy atom. The van der Waals surface area contributed by atoms with Crippen LogP contribution in [-0.4, -0.2) is 28.4 Å². The van der Waals surface area contributed by atoms with E-state index in [-0.39, 0.29) is 18.2 Å². The molecule has 1 N–H and O–H groups in total. The Bertz CT molecular complexity index is 761. The van der Waals surface area contributed by atoms with Crippen molar-refractivity contribution in [2.24, 2.45) is 0 Å². The first kappa shape index (κ1) is 18.9. The van der Waals surface area contributed by atoms with E-state index < -0.39 is 22.7 Å². The van der Waals surface area contributed by atoms with Crippen LogP contribution in [0.15, 0.2) is 59.5 Å². The number of carbonyl (C=O) groups is 2. The van der Waals surface area contributed by atoms with Crippen LogP contribution in [0.2, 0.25) is 0 Å². The summed E-state index contributed by atoms with van der Waals surface area (Å²) < 4.78 is 17.1. The van der Waals surface area contributed by atoms with E-state index in [0.717, 1.165) is 5.56 Å². The summed E-state index contributed by atoms with van der Waals surface area (Å²) in [6.45, 7) is 3.24. The molecular formula is C19H21NO4S. The van der Waals surface area contributed by atoms with Crippen LogP contribution in [0.5, 0.6) is 0 Å². The lowest BCUT2D eigenvalue weighted by Gasteiger charge is -2.14. The molecule has 25 heavy (non-hydrogen) atoms. The topological polar surface area (TPSA) is 72.5 Å². The number of carbonyl (C=O) groups excluding carboxylic acids is 2. The average Bonchev–Trinajstić information content (AvgIpc) is 2.66. The van der Waals surface area contributed by atoms with Gasteiger partial charge in [0.15, 0.2) is 6.61 Å². The summed E-state index contributed by atoms with van der Waals surface area (Å²) in [6, 6.07) is 15.9. The molecule has 0 fully saturated rings. The van der Waals surface area contributed by atoms with Crippen molar-refractivity contribution in [3.8, 4) is 0 Å². The Morgan fingerprint density at radius 1 is 1.08 bits per heavy atom. The van der Waals surface area contributed by atoms with Gasteiger partial charge in [-0.15, -0.1) is 0 Å². The molecule has 0 radical (unpaired) electrons. The molecule has 0 saturated heterocycles. The van der Waals surface area contributed by atoms with Gasteiger partial charge in [0.05, 0.1) is 27.3 Å². The van der Waals surface area contributed by atoms with Gasteiger partial charge in [0.1, 0.15) is 0 Å². The van der Waals surface area contributed by atoms with E-state index in [1.54, 1.807) is 31.2 Å². The smallest absolute Gasteiger partial charge is 0.339 e. The first-order valence-electron chi connectivity index (χ1n) is 8.01. The molecule has 1 amide bonds. The highest BCUT2D eigenvalue weighted by Gasteiger charge is 2.17. The summed E-state index contributed by atoms with van der Waals surface area (Å²) in [4.78, 5) is 24.6. The average molecular weight is 359 g/mol. The predicted molar refractivity (Wildman–Crippen MR) is 96.7 cm³/mol. The van der Waals surface area contributed by atoms with Gasteiger partial charge in [0.25, 0.3) is 5.91 Å². The highest BCUT2D eigenvalue weighted by molar-refractivity contribution is 7.85. The van der Waals surface area contributed by atoms with Gasteiger partial charge >= 0.3 is 5.97 Å². The third kappa shape index (κ3) is 5.26. The molecule has 5 nitrogen and oxygen atoms in total. The van der Waals surface area contributed by atoms with Crippen molar-refractivity contribution in [3.63, 3.8) is 0 Å². The number of amides is 1. The summed E-state index contributed by atoms with van der Waals surface area (Å²) in [7, 11) is -1.27. The SMILES string of the molecule is CCS(=O)c1ccccc1C(=O)OCC(=O)NC(C)c1ccccc1. The summed E-state index contributed by atoms with van der Waals surface area (Å²) >= 11 is 0. The van der Waals surface area contributed by atoms with Crippen LogP contribution in [0.3, 0.4) is 0 Å². The zero-order valence-electron chi connectivity index (χ0n) is 14.2. The van der Waals surface area contributed by atoms with Crippen LogP contribution in [0.4, 0.5) is 0 Å². The molecule has 132 valence electrons. The van der Waals surface area contributed by atoms with Crippen molar-refractivity contribution in [1.29, 1.82) is 0 Å². The van der Waals surface area contributed by atoms with Gasteiger partial charge in [-0.3, -0.25) is 9.00 Å². The maximum Gasteiger partial charge on any atom is 0.339 e.